The molecule has 2 rings (SSSR count). The largest absolute Gasteiger partial charge is 0.494 e. The van der Waals surface area contributed by atoms with Crippen molar-refractivity contribution in [3.63, 3.8) is 0 Å². The van der Waals surface area contributed by atoms with Crippen LogP contribution in [-0.4, -0.2) is 16.9 Å². The molecule has 1 N–H and O–H groups in total. The highest BCUT2D eigenvalue weighted by Gasteiger charge is 2.13. The van der Waals surface area contributed by atoms with Crippen molar-refractivity contribution in [3.05, 3.63) is 46.5 Å². The highest BCUT2D eigenvalue weighted by molar-refractivity contribution is 5.31. The molecule has 21 heavy (non-hydrogen) atoms. The fraction of sp³-hybridized carbons (Fsp3) is 0.438. The van der Waals surface area contributed by atoms with Crippen LogP contribution in [0.2, 0.25) is 0 Å². The van der Waals surface area contributed by atoms with Crippen molar-refractivity contribution in [2.75, 3.05) is 7.11 Å². The van der Waals surface area contributed by atoms with Crippen LogP contribution in [0.1, 0.15) is 35.5 Å². The van der Waals surface area contributed by atoms with E-state index in [1.807, 2.05) is 31.6 Å². The number of benzene rings is 1. The van der Waals surface area contributed by atoms with Crippen LogP contribution in [0.4, 0.5) is 4.39 Å². The molecule has 5 heteroatoms. The molecule has 1 atom stereocenters. The zero-order valence-electron chi connectivity index (χ0n) is 13.2. The number of rotatable bonds is 5. The predicted molar refractivity (Wildman–Crippen MR) is 80.9 cm³/mol. The summed E-state index contributed by atoms with van der Waals surface area (Å²) in [5, 5.41) is 7.81. The van der Waals surface area contributed by atoms with Crippen molar-refractivity contribution < 1.29 is 9.13 Å². The monoisotopic (exact) mass is 291 g/mol. The van der Waals surface area contributed by atoms with Gasteiger partial charge in [0.1, 0.15) is 0 Å². The molecule has 1 aromatic carbocycles. The molecule has 0 saturated heterocycles. The molecule has 0 saturated carbocycles. The van der Waals surface area contributed by atoms with Gasteiger partial charge >= 0.3 is 0 Å². The second kappa shape index (κ2) is 6.26. The summed E-state index contributed by atoms with van der Waals surface area (Å²) >= 11 is 0. The average molecular weight is 291 g/mol. The van der Waals surface area contributed by atoms with Gasteiger partial charge in [0.25, 0.3) is 0 Å². The molecule has 0 amide bonds. The lowest BCUT2D eigenvalue weighted by Crippen LogP contribution is -2.19. The predicted octanol–water partition coefficient (Wildman–Crippen LogP) is 3.04. The maximum Gasteiger partial charge on any atom is 0.165 e. The first-order valence-electron chi connectivity index (χ1n) is 7.00. The third-order valence-electron chi connectivity index (χ3n) is 3.92. The highest BCUT2D eigenvalue weighted by Crippen LogP contribution is 2.22. The van der Waals surface area contributed by atoms with E-state index in [0.717, 1.165) is 17.0 Å². The number of aryl methyl sites for hydroxylation is 2. The first-order chi connectivity index (χ1) is 9.93. The van der Waals surface area contributed by atoms with Gasteiger partial charge in [0.05, 0.1) is 12.8 Å². The van der Waals surface area contributed by atoms with Crippen molar-refractivity contribution in [2.24, 2.45) is 7.05 Å². The number of hydrogen-bond donors (Lipinski definition) is 1. The van der Waals surface area contributed by atoms with Crippen molar-refractivity contribution in [3.8, 4) is 5.75 Å². The van der Waals surface area contributed by atoms with E-state index in [9.17, 15) is 4.39 Å². The van der Waals surface area contributed by atoms with Crippen LogP contribution in [0.3, 0.4) is 0 Å². The Hall–Kier alpha value is -1.88. The van der Waals surface area contributed by atoms with Crippen LogP contribution in [0.15, 0.2) is 18.2 Å². The van der Waals surface area contributed by atoms with Crippen LogP contribution < -0.4 is 10.1 Å². The summed E-state index contributed by atoms with van der Waals surface area (Å²) in [5.41, 5.74) is 4.26. The van der Waals surface area contributed by atoms with Gasteiger partial charge in [0.2, 0.25) is 0 Å². The molecule has 0 bridgehead atoms. The van der Waals surface area contributed by atoms with Crippen molar-refractivity contribution in [2.45, 2.75) is 33.4 Å². The SMILES string of the molecule is COc1ccc(C(C)NCc2c(C)nn(C)c2C)cc1F. The lowest BCUT2D eigenvalue weighted by atomic mass is 10.1. The van der Waals surface area contributed by atoms with E-state index in [1.54, 1.807) is 6.07 Å². The minimum atomic E-state index is -0.336. The Kier molecular flexibility index (Phi) is 4.63. The molecule has 0 aliphatic carbocycles. The second-order valence-electron chi connectivity index (χ2n) is 5.27. The van der Waals surface area contributed by atoms with Crippen molar-refractivity contribution >= 4 is 0 Å². The third-order valence-corrected chi connectivity index (χ3v) is 3.92. The first-order valence-corrected chi connectivity index (χ1v) is 7.00. The van der Waals surface area contributed by atoms with Gasteiger partial charge in [0, 0.05) is 30.9 Å². The molecular weight excluding hydrogens is 269 g/mol. The quantitative estimate of drug-likeness (QED) is 0.920. The number of hydrogen-bond acceptors (Lipinski definition) is 3. The Morgan fingerprint density at radius 1 is 1.38 bits per heavy atom. The summed E-state index contributed by atoms with van der Waals surface area (Å²) in [7, 11) is 3.40. The van der Waals surface area contributed by atoms with E-state index in [0.29, 0.717) is 6.54 Å². The topological polar surface area (TPSA) is 39.1 Å². The van der Waals surface area contributed by atoms with E-state index in [4.69, 9.17) is 4.74 Å². The first kappa shape index (κ1) is 15.5. The number of halogens is 1. The molecule has 0 spiro atoms. The van der Waals surface area contributed by atoms with Crippen LogP contribution in [0.25, 0.3) is 0 Å². The number of ether oxygens (including phenoxy) is 1. The molecule has 1 unspecified atom stereocenters. The fourth-order valence-electron chi connectivity index (χ4n) is 2.40. The molecule has 0 fully saturated rings. The van der Waals surface area contributed by atoms with Crippen LogP contribution in [0.5, 0.6) is 5.75 Å². The summed E-state index contributed by atoms with van der Waals surface area (Å²) < 4.78 is 20.6. The summed E-state index contributed by atoms with van der Waals surface area (Å²) in [6.45, 7) is 6.78. The molecule has 4 nitrogen and oxygen atoms in total. The Bertz CT molecular complexity index is 637. The molecule has 1 heterocycles. The van der Waals surface area contributed by atoms with Gasteiger partial charge in [-0.3, -0.25) is 4.68 Å². The number of nitrogens with one attached hydrogen (secondary N) is 1. The van der Waals surface area contributed by atoms with Gasteiger partial charge in [-0.15, -0.1) is 0 Å². The Labute approximate surface area is 124 Å². The zero-order chi connectivity index (χ0) is 15.6. The van der Waals surface area contributed by atoms with Crippen LogP contribution in [-0.2, 0) is 13.6 Å². The van der Waals surface area contributed by atoms with Gasteiger partial charge in [-0.1, -0.05) is 6.07 Å². The molecule has 1 aromatic heterocycles. The number of aromatic nitrogens is 2. The van der Waals surface area contributed by atoms with E-state index >= 15 is 0 Å². The zero-order valence-corrected chi connectivity index (χ0v) is 13.2. The van der Waals surface area contributed by atoms with E-state index in [1.165, 1.54) is 18.7 Å². The fourth-order valence-corrected chi connectivity index (χ4v) is 2.40. The average Bonchev–Trinajstić information content (AvgIpc) is 2.69. The molecule has 2 aromatic rings. The van der Waals surface area contributed by atoms with E-state index in [2.05, 4.69) is 17.3 Å². The number of methoxy groups -OCH3 is 1. The molecular formula is C16H22FN3O. The second-order valence-corrected chi connectivity index (χ2v) is 5.27. The van der Waals surface area contributed by atoms with Crippen LogP contribution >= 0.6 is 0 Å². The van der Waals surface area contributed by atoms with Gasteiger partial charge in [-0.05, 0) is 38.5 Å². The minimum absolute atomic E-state index is 0.0458. The normalized spacial score (nSPS) is 12.5. The molecule has 0 aliphatic rings. The Balaban J connectivity index is 2.08. The minimum Gasteiger partial charge on any atom is -0.494 e. The van der Waals surface area contributed by atoms with E-state index in [-0.39, 0.29) is 17.6 Å². The van der Waals surface area contributed by atoms with Gasteiger partial charge < -0.3 is 10.1 Å². The van der Waals surface area contributed by atoms with E-state index < -0.39 is 0 Å². The Morgan fingerprint density at radius 3 is 2.62 bits per heavy atom. The molecule has 114 valence electrons. The summed E-state index contributed by atoms with van der Waals surface area (Å²) in [4.78, 5) is 0. The Morgan fingerprint density at radius 2 is 2.10 bits per heavy atom. The summed E-state index contributed by atoms with van der Waals surface area (Å²) in [5.74, 6) is -0.0673. The highest BCUT2D eigenvalue weighted by atomic mass is 19.1. The van der Waals surface area contributed by atoms with Gasteiger partial charge in [-0.25, -0.2) is 4.39 Å². The number of nitrogens with zero attached hydrogens (tertiary/aromatic N) is 2. The summed E-state index contributed by atoms with van der Waals surface area (Å²) in [6, 6.07) is 5.09. The lowest BCUT2D eigenvalue weighted by Gasteiger charge is -2.15. The smallest absolute Gasteiger partial charge is 0.165 e. The third kappa shape index (κ3) is 3.24. The van der Waals surface area contributed by atoms with Gasteiger partial charge in [-0.2, -0.15) is 5.10 Å². The summed E-state index contributed by atoms with van der Waals surface area (Å²) in [6.07, 6.45) is 0. The van der Waals surface area contributed by atoms with Crippen LogP contribution in [0, 0.1) is 19.7 Å². The lowest BCUT2D eigenvalue weighted by molar-refractivity contribution is 0.385. The van der Waals surface area contributed by atoms with Crippen molar-refractivity contribution in [1.29, 1.82) is 0 Å². The molecule has 0 radical (unpaired) electrons. The standard InChI is InChI=1S/C16H22FN3O/c1-10(13-6-7-16(21-5)15(17)8-13)18-9-14-11(2)19-20(4)12(14)3/h6-8,10,18H,9H2,1-5H3. The molecule has 0 aliphatic heterocycles. The maximum absolute atomic E-state index is 13.7. The maximum atomic E-state index is 13.7. The van der Waals surface area contributed by atoms with Gasteiger partial charge in [0.15, 0.2) is 11.6 Å². The van der Waals surface area contributed by atoms with Crippen molar-refractivity contribution in [1.82, 2.24) is 15.1 Å².